The Labute approximate surface area is 79.7 Å². The van der Waals surface area contributed by atoms with Crippen LogP contribution < -0.4 is 4.74 Å². The lowest BCUT2D eigenvalue weighted by Gasteiger charge is -2.14. The van der Waals surface area contributed by atoms with E-state index in [1.54, 1.807) is 0 Å². The minimum atomic E-state index is 0.433. The number of hydrogen-bond acceptors (Lipinski definition) is 1. The number of rotatable bonds is 2. The fourth-order valence-electron chi connectivity index (χ4n) is 1.80. The summed E-state index contributed by atoms with van der Waals surface area (Å²) in [5.74, 6) is 0.953. The van der Waals surface area contributed by atoms with E-state index in [9.17, 15) is 0 Å². The molecule has 1 aliphatic carbocycles. The standard InChI is InChI=1S/C12H15O/c1-10-6-2-5-9-12(10)13-11-7-3-4-8-11/h2,5-6,9,11H,1,3-4,7-8H2. The summed E-state index contributed by atoms with van der Waals surface area (Å²) >= 11 is 0. The molecule has 1 saturated carbocycles. The van der Waals surface area contributed by atoms with Crippen LogP contribution in [0.5, 0.6) is 5.75 Å². The number of para-hydroxylation sites is 1. The van der Waals surface area contributed by atoms with Gasteiger partial charge in [0.05, 0.1) is 6.10 Å². The summed E-state index contributed by atoms with van der Waals surface area (Å²) in [6.07, 6.45) is 5.46. The third-order valence-electron chi connectivity index (χ3n) is 2.57. The van der Waals surface area contributed by atoms with Gasteiger partial charge in [-0.05, 0) is 44.2 Å². The van der Waals surface area contributed by atoms with Gasteiger partial charge in [-0.3, -0.25) is 0 Å². The predicted octanol–water partition coefficient (Wildman–Crippen LogP) is 3.19. The largest absolute Gasteiger partial charge is 0.490 e. The molecule has 13 heavy (non-hydrogen) atoms. The van der Waals surface area contributed by atoms with Crippen LogP contribution in [0.15, 0.2) is 24.3 Å². The second kappa shape index (κ2) is 3.82. The number of hydrogen-bond donors (Lipinski definition) is 0. The van der Waals surface area contributed by atoms with Gasteiger partial charge in [-0.2, -0.15) is 0 Å². The molecule has 0 saturated heterocycles. The van der Waals surface area contributed by atoms with Crippen LogP contribution >= 0.6 is 0 Å². The third-order valence-corrected chi connectivity index (χ3v) is 2.57. The Morgan fingerprint density at radius 3 is 2.54 bits per heavy atom. The molecule has 0 aliphatic heterocycles. The maximum Gasteiger partial charge on any atom is 0.122 e. The SMILES string of the molecule is [CH2]c1ccccc1OC1CCCC1. The second-order valence-corrected chi connectivity index (χ2v) is 3.63. The molecule has 0 amide bonds. The highest BCUT2D eigenvalue weighted by atomic mass is 16.5. The summed E-state index contributed by atoms with van der Waals surface area (Å²) < 4.78 is 5.84. The fourth-order valence-corrected chi connectivity index (χ4v) is 1.80. The van der Waals surface area contributed by atoms with E-state index in [2.05, 4.69) is 6.92 Å². The van der Waals surface area contributed by atoms with E-state index in [4.69, 9.17) is 4.74 Å². The Morgan fingerprint density at radius 1 is 1.15 bits per heavy atom. The molecule has 1 aromatic carbocycles. The van der Waals surface area contributed by atoms with Crippen molar-refractivity contribution in [3.05, 3.63) is 36.8 Å². The van der Waals surface area contributed by atoms with Gasteiger partial charge in [0.15, 0.2) is 0 Å². The van der Waals surface area contributed by atoms with Gasteiger partial charge in [-0.15, -0.1) is 0 Å². The minimum absolute atomic E-state index is 0.433. The van der Waals surface area contributed by atoms with Crippen molar-refractivity contribution in [3.8, 4) is 5.75 Å². The molecule has 0 spiro atoms. The fraction of sp³-hybridized carbons (Fsp3) is 0.417. The summed E-state index contributed by atoms with van der Waals surface area (Å²) in [7, 11) is 0. The molecule has 1 radical (unpaired) electrons. The highest BCUT2D eigenvalue weighted by Gasteiger charge is 2.16. The summed E-state index contributed by atoms with van der Waals surface area (Å²) in [5, 5.41) is 0. The topological polar surface area (TPSA) is 9.23 Å². The first-order valence-electron chi connectivity index (χ1n) is 4.94. The number of benzene rings is 1. The first-order valence-corrected chi connectivity index (χ1v) is 4.94. The van der Waals surface area contributed by atoms with Gasteiger partial charge in [-0.25, -0.2) is 0 Å². The smallest absolute Gasteiger partial charge is 0.122 e. The van der Waals surface area contributed by atoms with Crippen molar-refractivity contribution in [3.63, 3.8) is 0 Å². The highest BCUT2D eigenvalue weighted by molar-refractivity contribution is 5.35. The Morgan fingerprint density at radius 2 is 1.85 bits per heavy atom. The van der Waals surface area contributed by atoms with E-state index in [-0.39, 0.29) is 0 Å². The maximum absolute atomic E-state index is 5.84. The van der Waals surface area contributed by atoms with Crippen LogP contribution in [0.3, 0.4) is 0 Å². The quantitative estimate of drug-likeness (QED) is 0.670. The van der Waals surface area contributed by atoms with Crippen molar-refractivity contribution in [2.75, 3.05) is 0 Å². The van der Waals surface area contributed by atoms with Crippen molar-refractivity contribution in [2.45, 2.75) is 31.8 Å². The maximum atomic E-state index is 5.84. The van der Waals surface area contributed by atoms with Crippen molar-refractivity contribution >= 4 is 0 Å². The molecule has 0 unspecified atom stereocenters. The van der Waals surface area contributed by atoms with Gasteiger partial charge < -0.3 is 4.74 Å². The van der Waals surface area contributed by atoms with E-state index in [1.165, 1.54) is 25.7 Å². The van der Waals surface area contributed by atoms with Crippen LogP contribution in [0.25, 0.3) is 0 Å². The molecule has 2 rings (SSSR count). The van der Waals surface area contributed by atoms with Crippen LogP contribution in [0.1, 0.15) is 31.2 Å². The second-order valence-electron chi connectivity index (χ2n) is 3.63. The van der Waals surface area contributed by atoms with E-state index >= 15 is 0 Å². The molecule has 0 atom stereocenters. The molecule has 1 fully saturated rings. The van der Waals surface area contributed by atoms with Crippen LogP contribution in [0.4, 0.5) is 0 Å². The van der Waals surface area contributed by atoms with Crippen LogP contribution in [0, 0.1) is 6.92 Å². The molecule has 0 heterocycles. The Bertz CT molecular complexity index is 274. The summed E-state index contributed by atoms with van der Waals surface area (Å²) in [6.45, 7) is 3.94. The monoisotopic (exact) mass is 175 g/mol. The number of ether oxygens (including phenoxy) is 1. The Hall–Kier alpha value is -0.980. The highest BCUT2D eigenvalue weighted by Crippen LogP contribution is 2.25. The minimum Gasteiger partial charge on any atom is -0.490 e. The average molecular weight is 175 g/mol. The normalized spacial score (nSPS) is 17.6. The van der Waals surface area contributed by atoms with Crippen LogP contribution in [-0.2, 0) is 0 Å². The van der Waals surface area contributed by atoms with Crippen molar-refractivity contribution in [1.29, 1.82) is 0 Å². The Balaban J connectivity index is 2.04. The predicted molar refractivity (Wildman–Crippen MR) is 53.8 cm³/mol. The molecule has 0 bridgehead atoms. The molecule has 0 N–H and O–H groups in total. The lowest BCUT2D eigenvalue weighted by Crippen LogP contribution is -2.11. The summed E-state index contributed by atoms with van der Waals surface area (Å²) in [6, 6.07) is 7.98. The van der Waals surface area contributed by atoms with Gasteiger partial charge in [0.2, 0.25) is 0 Å². The summed E-state index contributed by atoms with van der Waals surface area (Å²) in [5.41, 5.74) is 0.995. The molecular weight excluding hydrogens is 160 g/mol. The molecule has 0 aromatic heterocycles. The van der Waals surface area contributed by atoms with Gasteiger partial charge in [-0.1, -0.05) is 18.2 Å². The van der Waals surface area contributed by atoms with E-state index in [0.717, 1.165) is 11.3 Å². The molecule has 1 aromatic rings. The van der Waals surface area contributed by atoms with E-state index in [0.29, 0.717) is 6.10 Å². The van der Waals surface area contributed by atoms with E-state index < -0.39 is 0 Å². The van der Waals surface area contributed by atoms with Crippen molar-refractivity contribution < 1.29 is 4.74 Å². The lowest BCUT2D eigenvalue weighted by molar-refractivity contribution is 0.209. The first kappa shape index (κ1) is 8.61. The van der Waals surface area contributed by atoms with Crippen molar-refractivity contribution in [2.24, 2.45) is 0 Å². The summed E-state index contributed by atoms with van der Waals surface area (Å²) in [4.78, 5) is 0. The zero-order chi connectivity index (χ0) is 9.10. The third kappa shape index (κ3) is 2.03. The van der Waals surface area contributed by atoms with Gasteiger partial charge in [0, 0.05) is 0 Å². The molecular formula is C12H15O. The van der Waals surface area contributed by atoms with Gasteiger partial charge in [0.25, 0.3) is 0 Å². The lowest BCUT2D eigenvalue weighted by atomic mass is 10.2. The van der Waals surface area contributed by atoms with Gasteiger partial charge >= 0.3 is 0 Å². The molecule has 69 valence electrons. The molecule has 1 nitrogen and oxygen atoms in total. The molecule has 1 aliphatic rings. The average Bonchev–Trinajstić information content (AvgIpc) is 2.61. The van der Waals surface area contributed by atoms with Crippen molar-refractivity contribution in [1.82, 2.24) is 0 Å². The van der Waals surface area contributed by atoms with Crippen LogP contribution in [-0.4, -0.2) is 6.10 Å². The zero-order valence-corrected chi connectivity index (χ0v) is 7.83. The van der Waals surface area contributed by atoms with Crippen LogP contribution in [0.2, 0.25) is 0 Å². The molecule has 1 heteroatoms. The zero-order valence-electron chi connectivity index (χ0n) is 7.83. The Kier molecular flexibility index (Phi) is 2.53. The van der Waals surface area contributed by atoms with E-state index in [1.807, 2.05) is 24.3 Å². The first-order chi connectivity index (χ1) is 6.36. The van der Waals surface area contributed by atoms with Gasteiger partial charge in [0.1, 0.15) is 5.75 Å².